The van der Waals surface area contributed by atoms with E-state index in [1.807, 2.05) is 36.6 Å². The van der Waals surface area contributed by atoms with E-state index in [0.717, 1.165) is 17.5 Å². The van der Waals surface area contributed by atoms with E-state index in [0.29, 0.717) is 37.9 Å². The largest absolute Gasteiger partial charge is 0.508 e. The van der Waals surface area contributed by atoms with Gasteiger partial charge in [-0.3, -0.25) is 24.0 Å². The second-order valence-corrected chi connectivity index (χ2v) is 15.7. The number of likely N-dealkylation sites (N-methyl/N-ethyl adjacent to an activating group) is 1. The summed E-state index contributed by atoms with van der Waals surface area (Å²) in [6.45, 7) is -0.413. The van der Waals surface area contributed by atoms with Gasteiger partial charge in [-0.15, -0.1) is 0 Å². The summed E-state index contributed by atoms with van der Waals surface area (Å²) >= 11 is 1.51. The van der Waals surface area contributed by atoms with Gasteiger partial charge in [0.15, 0.2) is 5.78 Å². The van der Waals surface area contributed by atoms with Crippen molar-refractivity contribution < 1.29 is 33.8 Å². The molecule has 4 aliphatic rings. The molecule has 6 atom stereocenters. The highest BCUT2D eigenvalue weighted by Gasteiger charge is 2.68. The standard InChI is InChI=1S/C38H51N5O7S/c1-43(31(45)22-41-35(48)29(13-14-51-3)42-34(47)28(39)16-24-9-11-27(44)12-10-24)30(17-23-7-5-4-6-8-23)32(46)33-37(36(49)50-2)18-25-15-26(19-37)21-38(33,40)20-25/h4-12,25-26,28-30,33,44H,13-22,39-40H2,1-3H3,(H,41,48)(H,42,47)/t25?,26?,28-,29+,30-,33?,37?,38?/m0/s1. The van der Waals surface area contributed by atoms with Crippen molar-refractivity contribution >= 4 is 41.2 Å². The molecule has 3 amide bonds. The fourth-order valence-corrected chi connectivity index (χ4v) is 9.56. The molecule has 0 aromatic heterocycles. The highest BCUT2D eigenvalue weighted by molar-refractivity contribution is 7.98. The molecule has 51 heavy (non-hydrogen) atoms. The minimum absolute atomic E-state index is 0.0998. The number of carbonyl (C=O) groups excluding carboxylic acids is 5. The van der Waals surface area contributed by atoms with Crippen LogP contribution < -0.4 is 22.1 Å². The number of nitrogens with two attached hydrogens (primary N) is 2. The fourth-order valence-electron chi connectivity index (χ4n) is 9.09. The van der Waals surface area contributed by atoms with E-state index in [-0.39, 0.29) is 36.2 Å². The van der Waals surface area contributed by atoms with Crippen molar-refractivity contribution in [2.75, 3.05) is 32.7 Å². The first-order valence-electron chi connectivity index (χ1n) is 17.6. The Balaban J connectivity index is 1.31. The molecule has 0 spiro atoms. The smallest absolute Gasteiger partial charge is 0.312 e. The number of amides is 3. The third-order valence-electron chi connectivity index (χ3n) is 11.2. The Morgan fingerprint density at radius 1 is 0.961 bits per heavy atom. The minimum atomic E-state index is -1.04. The van der Waals surface area contributed by atoms with Crippen molar-refractivity contribution in [2.24, 2.45) is 34.6 Å². The number of nitrogens with zero attached hydrogens (tertiary/aromatic N) is 1. The molecule has 276 valence electrons. The van der Waals surface area contributed by atoms with Crippen molar-refractivity contribution in [1.29, 1.82) is 0 Å². The van der Waals surface area contributed by atoms with Crippen molar-refractivity contribution in [1.82, 2.24) is 15.5 Å². The first kappa shape index (κ1) is 38.3. The van der Waals surface area contributed by atoms with Crippen molar-refractivity contribution in [3.63, 3.8) is 0 Å². The summed E-state index contributed by atoms with van der Waals surface area (Å²) < 4.78 is 5.33. The van der Waals surface area contributed by atoms with E-state index in [9.17, 15) is 29.1 Å². The van der Waals surface area contributed by atoms with Crippen LogP contribution in [0.1, 0.15) is 49.7 Å². The normalized spacial score (nSPS) is 26.4. The lowest BCUT2D eigenvalue weighted by Gasteiger charge is -2.63. The summed E-state index contributed by atoms with van der Waals surface area (Å²) in [5.41, 5.74) is 12.9. The summed E-state index contributed by atoms with van der Waals surface area (Å²) in [6.07, 6.45) is 5.96. The zero-order valence-corrected chi connectivity index (χ0v) is 30.5. The van der Waals surface area contributed by atoms with E-state index >= 15 is 0 Å². The number of phenols is 1. The molecule has 0 aliphatic heterocycles. The van der Waals surface area contributed by atoms with Gasteiger partial charge in [0, 0.05) is 12.6 Å². The molecule has 3 unspecified atom stereocenters. The number of ketones is 1. The van der Waals surface area contributed by atoms with Gasteiger partial charge >= 0.3 is 5.97 Å². The molecule has 2 aromatic rings. The number of rotatable bonds is 16. The van der Waals surface area contributed by atoms with E-state index in [1.165, 1.54) is 35.9 Å². The Morgan fingerprint density at radius 3 is 2.20 bits per heavy atom. The fraction of sp³-hybridized carbons (Fsp3) is 0.553. The molecule has 4 saturated carbocycles. The highest BCUT2D eigenvalue weighted by Crippen LogP contribution is 2.64. The molecule has 0 saturated heterocycles. The Morgan fingerprint density at radius 2 is 1.59 bits per heavy atom. The number of phenolic OH excluding ortho intramolecular Hbond substituents is 1. The summed E-state index contributed by atoms with van der Waals surface area (Å²) in [4.78, 5) is 70.0. The monoisotopic (exact) mass is 721 g/mol. The average Bonchev–Trinajstić information content (AvgIpc) is 3.10. The van der Waals surface area contributed by atoms with Crippen LogP contribution in [0.5, 0.6) is 5.75 Å². The summed E-state index contributed by atoms with van der Waals surface area (Å²) in [7, 11) is 2.89. The van der Waals surface area contributed by atoms with Crippen LogP contribution in [0.3, 0.4) is 0 Å². The number of esters is 1. The quantitative estimate of drug-likeness (QED) is 0.160. The zero-order valence-electron chi connectivity index (χ0n) is 29.6. The van der Waals surface area contributed by atoms with Crippen molar-refractivity contribution in [3.05, 3.63) is 65.7 Å². The lowest BCUT2D eigenvalue weighted by atomic mass is 9.41. The zero-order chi connectivity index (χ0) is 36.9. The summed E-state index contributed by atoms with van der Waals surface area (Å²) in [5.74, 6) is -1.91. The van der Waals surface area contributed by atoms with Crippen molar-refractivity contribution in [3.8, 4) is 5.75 Å². The number of hydrogen-bond donors (Lipinski definition) is 5. The first-order chi connectivity index (χ1) is 24.3. The van der Waals surface area contributed by atoms with Crippen molar-refractivity contribution in [2.45, 2.75) is 75.0 Å². The highest BCUT2D eigenvalue weighted by atomic mass is 32.2. The predicted octanol–water partition coefficient (Wildman–Crippen LogP) is 1.95. The lowest BCUT2D eigenvalue weighted by Crippen LogP contribution is -2.72. The van der Waals surface area contributed by atoms with Gasteiger partial charge in [0.25, 0.3) is 0 Å². The lowest BCUT2D eigenvalue weighted by molar-refractivity contribution is -0.189. The number of ether oxygens (including phenoxy) is 1. The SMILES string of the molecule is COC(=O)C12CC3CC(CC(N)(C3)C1C(=O)[C@H](Cc1ccccc1)N(C)C(=O)CNC(=O)[C@@H](CCSC)NC(=O)[C@@H](N)Cc1ccc(O)cc1)C2. The van der Waals surface area contributed by atoms with Gasteiger partial charge < -0.3 is 36.8 Å². The number of methoxy groups -OCH3 is 1. The molecule has 4 fully saturated rings. The number of aromatic hydroxyl groups is 1. The van der Waals surface area contributed by atoms with Gasteiger partial charge in [-0.25, -0.2) is 0 Å². The number of Topliss-reactive ketones (excluding diaryl/α,β-unsaturated/α-hetero) is 1. The third-order valence-corrected chi connectivity index (χ3v) is 11.8. The first-order valence-corrected chi connectivity index (χ1v) is 19.0. The number of hydrogen-bond acceptors (Lipinski definition) is 10. The van der Waals surface area contributed by atoms with E-state index in [2.05, 4.69) is 10.6 Å². The van der Waals surface area contributed by atoms with Crippen LogP contribution in [0.15, 0.2) is 54.6 Å². The van der Waals surface area contributed by atoms with Crippen LogP contribution in [0, 0.1) is 23.2 Å². The van der Waals surface area contributed by atoms with Gasteiger partial charge in [0.1, 0.15) is 11.8 Å². The van der Waals surface area contributed by atoms with Crippen LogP contribution in [-0.2, 0) is 41.6 Å². The number of carbonyl (C=O) groups is 5. The van der Waals surface area contributed by atoms with E-state index in [4.69, 9.17) is 16.2 Å². The van der Waals surface area contributed by atoms with Gasteiger partial charge in [-0.2, -0.15) is 11.8 Å². The molecule has 4 bridgehead atoms. The topological polar surface area (TPSA) is 194 Å². The van der Waals surface area contributed by atoms with E-state index in [1.54, 1.807) is 19.2 Å². The molecule has 12 nitrogen and oxygen atoms in total. The predicted molar refractivity (Wildman–Crippen MR) is 194 cm³/mol. The van der Waals surface area contributed by atoms with Gasteiger partial charge in [-0.1, -0.05) is 42.5 Å². The van der Waals surface area contributed by atoms with Gasteiger partial charge in [0.2, 0.25) is 17.7 Å². The third kappa shape index (κ3) is 8.42. The molecule has 6 rings (SSSR count). The van der Waals surface area contributed by atoms with Crippen LogP contribution in [-0.4, -0.2) is 95.9 Å². The molecular weight excluding hydrogens is 671 g/mol. The van der Waals surface area contributed by atoms with Gasteiger partial charge in [0.05, 0.1) is 37.1 Å². The average molecular weight is 722 g/mol. The Hall–Kier alpha value is -3.94. The van der Waals surface area contributed by atoms with Gasteiger partial charge in [-0.05, 0) is 98.5 Å². The van der Waals surface area contributed by atoms with Crippen LogP contribution in [0.4, 0.5) is 0 Å². The maximum absolute atomic E-state index is 14.9. The van der Waals surface area contributed by atoms with E-state index < -0.39 is 65.2 Å². The molecule has 0 heterocycles. The number of thioether (sulfide) groups is 1. The molecule has 4 aliphatic carbocycles. The summed E-state index contributed by atoms with van der Waals surface area (Å²) in [5, 5.41) is 14.9. The molecular formula is C38H51N5O7S. The molecule has 2 aromatic carbocycles. The Bertz CT molecular complexity index is 1570. The minimum Gasteiger partial charge on any atom is -0.508 e. The van der Waals surface area contributed by atoms with Crippen LogP contribution in [0.25, 0.3) is 0 Å². The maximum Gasteiger partial charge on any atom is 0.312 e. The number of benzene rings is 2. The maximum atomic E-state index is 14.9. The summed E-state index contributed by atoms with van der Waals surface area (Å²) in [6, 6.07) is 12.9. The molecule has 13 heteroatoms. The molecule has 7 N–H and O–H groups in total. The molecule has 0 radical (unpaired) electrons. The number of nitrogens with one attached hydrogen (secondary N) is 2. The Labute approximate surface area is 303 Å². The van der Waals surface area contributed by atoms with Crippen LogP contribution >= 0.6 is 11.8 Å². The second-order valence-electron chi connectivity index (χ2n) is 14.7. The van der Waals surface area contributed by atoms with Crippen LogP contribution in [0.2, 0.25) is 0 Å². The Kier molecular flexibility index (Phi) is 12.1. The second kappa shape index (κ2) is 16.2.